The van der Waals surface area contributed by atoms with Crippen LogP contribution in [-0.2, 0) is 30.5 Å². The molecule has 1 rings (SSSR count). The molecule has 25 heavy (non-hydrogen) atoms. The molecule has 0 saturated carbocycles. The molecule has 0 amide bonds. The summed E-state index contributed by atoms with van der Waals surface area (Å²) in [6.07, 6.45) is 1.36. The van der Waals surface area contributed by atoms with Crippen LogP contribution in [0.5, 0.6) is 0 Å². The van der Waals surface area contributed by atoms with E-state index in [1.165, 1.54) is 31.5 Å². The molecule has 9 heteroatoms. The van der Waals surface area contributed by atoms with Gasteiger partial charge in [-0.3, -0.25) is 4.21 Å². The molecule has 0 saturated heterocycles. The van der Waals surface area contributed by atoms with E-state index in [1.54, 1.807) is 11.0 Å². The van der Waals surface area contributed by atoms with Gasteiger partial charge in [-0.05, 0) is 30.0 Å². The summed E-state index contributed by atoms with van der Waals surface area (Å²) >= 11 is 0. The Morgan fingerprint density at radius 2 is 1.68 bits per heavy atom. The lowest BCUT2D eigenvalue weighted by Crippen LogP contribution is -2.32. The fourth-order valence-electron chi connectivity index (χ4n) is 1.24. The minimum Gasteiger partial charge on any atom is -0.354 e. The van der Waals surface area contributed by atoms with Crippen molar-refractivity contribution in [2.45, 2.75) is 44.4 Å². The Labute approximate surface area is 154 Å². The standard InChI is InChI=1S/C10H14N2O5S2.C4H10.C2H6/c1-11-7-10(13)17-12-19(15,16)9-6-4-3-5-8(9)18(2)14;1-4(2)3;1-2/h3-6,11-12H,7H2,1-2H3;4H,1-3H3;1-2H3. The summed E-state index contributed by atoms with van der Waals surface area (Å²) in [7, 11) is -4.02. The van der Waals surface area contributed by atoms with Gasteiger partial charge in [0.15, 0.2) is 0 Å². The molecular weight excluding hydrogens is 364 g/mol. The molecule has 0 bridgehead atoms. The smallest absolute Gasteiger partial charge is 0.339 e. The number of benzene rings is 1. The number of rotatable bonds is 6. The zero-order chi connectivity index (χ0) is 20.0. The van der Waals surface area contributed by atoms with Crippen LogP contribution in [0, 0.1) is 5.92 Å². The maximum absolute atomic E-state index is 11.9. The Bertz CT molecular complexity index is 628. The molecule has 0 aromatic heterocycles. The topological polar surface area (TPSA) is 102 Å². The lowest BCUT2D eigenvalue weighted by Gasteiger charge is -2.09. The second-order valence-corrected chi connectivity index (χ2v) is 8.19. The highest BCUT2D eigenvalue weighted by molar-refractivity contribution is 7.90. The van der Waals surface area contributed by atoms with Crippen molar-refractivity contribution >= 4 is 26.8 Å². The van der Waals surface area contributed by atoms with Crippen LogP contribution in [0.4, 0.5) is 0 Å². The van der Waals surface area contributed by atoms with Gasteiger partial charge in [-0.2, -0.15) is 0 Å². The van der Waals surface area contributed by atoms with E-state index >= 15 is 0 Å². The largest absolute Gasteiger partial charge is 0.354 e. The summed E-state index contributed by atoms with van der Waals surface area (Å²) < 4.78 is 35.3. The van der Waals surface area contributed by atoms with E-state index in [1.807, 2.05) is 13.8 Å². The Hall–Kier alpha value is -1.29. The predicted octanol–water partition coefficient (Wildman–Crippen LogP) is 2.07. The summed E-state index contributed by atoms with van der Waals surface area (Å²) in [6, 6.07) is 5.77. The van der Waals surface area contributed by atoms with Gasteiger partial charge in [0, 0.05) is 6.26 Å². The Morgan fingerprint density at radius 3 is 2.12 bits per heavy atom. The van der Waals surface area contributed by atoms with Crippen LogP contribution in [-0.4, -0.2) is 38.4 Å². The molecule has 0 aliphatic carbocycles. The molecule has 146 valence electrons. The van der Waals surface area contributed by atoms with Crippen LogP contribution in [0.3, 0.4) is 0 Å². The number of carbonyl (C=O) groups excluding carboxylic acids is 1. The highest BCUT2D eigenvalue weighted by Crippen LogP contribution is 2.17. The maximum atomic E-state index is 11.9. The first-order valence-electron chi connectivity index (χ1n) is 7.90. The van der Waals surface area contributed by atoms with Gasteiger partial charge in [-0.15, -0.1) is 0 Å². The van der Waals surface area contributed by atoms with Gasteiger partial charge < -0.3 is 10.2 Å². The Kier molecular flexibility index (Phi) is 14.5. The molecule has 0 aliphatic heterocycles. The predicted molar refractivity (Wildman–Crippen MR) is 101 cm³/mol. The second kappa shape index (κ2) is 13.9. The quantitative estimate of drug-likeness (QED) is 0.716. The highest BCUT2D eigenvalue weighted by Gasteiger charge is 2.21. The number of likely N-dealkylation sites (N-methyl/N-ethyl adjacent to an activating group) is 1. The Morgan fingerprint density at radius 1 is 1.20 bits per heavy atom. The van der Waals surface area contributed by atoms with Gasteiger partial charge in [-0.25, -0.2) is 13.2 Å². The normalized spacial score (nSPS) is 11.5. The molecule has 0 fully saturated rings. The third-order valence-electron chi connectivity index (χ3n) is 2.03. The van der Waals surface area contributed by atoms with Crippen molar-refractivity contribution in [3.05, 3.63) is 24.3 Å². The van der Waals surface area contributed by atoms with Gasteiger partial charge in [0.25, 0.3) is 10.0 Å². The molecule has 2 N–H and O–H groups in total. The van der Waals surface area contributed by atoms with Crippen LogP contribution in [0.25, 0.3) is 0 Å². The van der Waals surface area contributed by atoms with Gasteiger partial charge in [0.2, 0.25) is 0 Å². The number of hydrogen-bond acceptors (Lipinski definition) is 6. The van der Waals surface area contributed by atoms with Crippen molar-refractivity contribution in [3.63, 3.8) is 0 Å². The minimum atomic E-state index is -4.06. The molecule has 1 atom stereocenters. The number of carbonyl (C=O) groups is 1. The summed E-state index contributed by atoms with van der Waals surface area (Å²) in [5, 5.41) is 2.52. The van der Waals surface area contributed by atoms with Gasteiger partial charge >= 0.3 is 5.97 Å². The van der Waals surface area contributed by atoms with Crippen molar-refractivity contribution in [1.82, 2.24) is 10.2 Å². The third kappa shape index (κ3) is 11.8. The summed E-state index contributed by atoms with van der Waals surface area (Å²) in [6.45, 7) is 10.4. The summed E-state index contributed by atoms with van der Waals surface area (Å²) in [4.78, 5) is 17.1. The molecule has 1 unspecified atom stereocenters. The molecule has 0 heterocycles. The molecule has 0 aliphatic rings. The van der Waals surface area contributed by atoms with Gasteiger partial charge in [0.05, 0.1) is 22.2 Å². The van der Waals surface area contributed by atoms with Crippen molar-refractivity contribution in [1.29, 1.82) is 0 Å². The summed E-state index contributed by atoms with van der Waals surface area (Å²) in [5.74, 6) is 0.0566. The van der Waals surface area contributed by atoms with Crippen LogP contribution < -0.4 is 10.2 Å². The fraction of sp³-hybridized carbons (Fsp3) is 0.562. The first kappa shape index (κ1) is 25.9. The lowest BCUT2D eigenvalue weighted by molar-refractivity contribution is -0.145. The highest BCUT2D eigenvalue weighted by atomic mass is 32.2. The van der Waals surface area contributed by atoms with E-state index in [4.69, 9.17) is 0 Å². The number of nitrogens with one attached hydrogen (secondary N) is 2. The van der Waals surface area contributed by atoms with E-state index in [0.717, 1.165) is 5.92 Å². The van der Waals surface area contributed by atoms with Crippen LogP contribution in [0.1, 0.15) is 34.6 Å². The maximum Gasteiger partial charge on any atom is 0.339 e. The molecular formula is C16H30N2O5S2. The SMILES string of the molecule is CC.CC(C)C.CNCC(=O)ONS(=O)(=O)c1ccccc1S(C)=O. The first-order chi connectivity index (χ1) is 11.6. The molecule has 0 spiro atoms. The van der Waals surface area contributed by atoms with E-state index in [-0.39, 0.29) is 16.3 Å². The van der Waals surface area contributed by atoms with Crippen LogP contribution >= 0.6 is 0 Å². The molecule has 1 aromatic rings. The van der Waals surface area contributed by atoms with Crippen molar-refractivity contribution < 1.29 is 22.3 Å². The third-order valence-corrected chi connectivity index (χ3v) is 4.38. The van der Waals surface area contributed by atoms with E-state index in [2.05, 4.69) is 30.9 Å². The van der Waals surface area contributed by atoms with E-state index in [0.29, 0.717) is 0 Å². The number of hydrogen-bond donors (Lipinski definition) is 2. The van der Waals surface area contributed by atoms with Crippen molar-refractivity contribution in [2.24, 2.45) is 5.92 Å². The Balaban J connectivity index is 0. The van der Waals surface area contributed by atoms with E-state index in [9.17, 15) is 17.4 Å². The van der Waals surface area contributed by atoms with E-state index < -0.39 is 26.8 Å². The van der Waals surface area contributed by atoms with Gasteiger partial charge in [-0.1, -0.05) is 46.8 Å². The molecule has 1 aromatic carbocycles. The second-order valence-electron chi connectivity index (χ2n) is 5.22. The fourth-order valence-corrected chi connectivity index (χ4v) is 3.42. The average molecular weight is 395 g/mol. The number of sulfonamides is 1. The monoisotopic (exact) mass is 394 g/mol. The molecule has 0 radical (unpaired) electrons. The average Bonchev–Trinajstić information content (AvgIpc) is 2.55. The lowest BCUT2D eigenvalue weighted by atomic mass is 10.3. The van der Waals surface area contributed by atoms with Crippen molar-refractivity contribution in [2.75, 3.05) is 19.8 Å². The minimum absolute atomic E-state index is 0.135. The first-order valence-corrected chi connectivity index (χ1v) is 10.9. The zero-order valence-corrected chi connectivity index (χ0v) is 17.6. The van der Waals surface area contributed by atoms with Crippen LogP contribution in [0.2, 0.25) is 0 Å². The van der Waals surface area contributed by atoms with Crippen molar-refractivity contribution in [3.8, 4) is 0 Å². The molecule has 7 nitrogen and oxygen atoms in total. The van der Waals surface area contributed by atoms with Gasteiger partial charge in [0.1, 0.15) is 4.90 Å². The zero-order valence-electron chi connectivity index (χ0n) is 16.0. The van der Waals surface area contributed by atoms with Crippen LogP contribution in [0.15, 0.2) is 34.1 Å². The summed E-state index contributed by atoms with van der Waals surface area (Å²) in [5.41, 5.74) is 0.